The van der Waals surface area contributed by atoms with Gasteiger partial charge in [0.2, 0.25) is 5.88 Å². The van der Waals surface area contributed by atoms with Crippen LogP contribution in [0.4, 0.5) is 11.4 Å². The Kier molecular flexibility index (Phi) is 18.0. The number of hydrogen-bond donors (Lipinski definition) is 2. The number of ether oxygens (including phenoxy) is 1. The standard InChI is InChI=1S/C19H19N3O4.C8H7NO3.C8H12O2.C5H11N.C3H2N2/c1-18(2)8-14(23)16-15(9-18)26-17(21)13(10-20)19(16,3)11-4-6-12(7-5-11)22(24)25;1-6(10)7-2-4-8(5-3-7)9(11)12;1-8(2)4-6(9)3-7(10)5-8;1-2-4-6-5-3-1;4-2-1-3-5/h4-7H,8-9,21H2,1-3H3;2-5H,1H3;3-5H2,1-2H3;6H,1-5H2;1H2. The Balaban J connectivity index is 0.000000299. The Labute approximate surface area is 344 Å². The normalized spacial score (nSPS) is 19.8. The highest BCUT2D eigenvalue weighted by Crippen LogP contribution is 2.51. The number of allylic oxidation sites excluding steroid dienone is 3. The number of non-ortho nitro benzene ring substituents is 2. The molecule has 0 aromatic heterocycles. The van der Waals surface area contributed by atoms with E-state index in [9.17, 15) is 44.7 Å². The molecule has 2 aliphatic carbocycles. The Bertz CT molecular complexity index is 2020. The van der Waals surface area contributed by atoms with Crippen molar-refractivity contribution in [2.45, 2.75) is 105 Å². The number of nitriles is 3. The van der Waals surface area contributed by atoms with Gasteiger partial charge >= 0.3 is 0 Å². The molecule has 2 fully saturated rings. The molecule has 1 saturated carbocycles. The summed E-state index contributed by atoms with van der Waals surface area (Å²) in [5, 5.41) is 49.3. The molecule has 1 atom stereocenters. The highest BCUT2D eigenvalue weighted by Gasteiger charge is 2.50. The van der Waals surface area contributed by atoms with Crippen LogP contribution in [-0.4, -0.2) is 46.1 Å². The number of nitrogens with two attached hydrogens (primary N) is 1. The van der Waals surface area contributed by atoms with Gasteiger partial charge in [0.15, 0.2) is 11.6 Å². The van der Waals surface area contributed by atoms with Gasteiger partial charge in [-0.25, -0.2) is 0 Å². The number of carbonyl (C=O) groups excluding carboxylic acids is 4. The van der Waals surface area contributed by atoms with Crippen molar-refractivity contribution >= 4 is 34.5 Å². The molecule has 1 unspecified atom stereocenters. The summed E-state index contributed by atoms with van der Waals surface area (Å²) < 4.78 is 5.66. The number of nitrogens with one attached hydrogen (secondary N) is 1. The zero-order chi connectivity index (χ0) is 44.6. The maximum Gasteiger partial charge on any atom is 0.269 e. The van der Waals surface area contributed by atoms with E-state index in [-0.39, 0.29) is 69.6 Å². The van der Waals surface area contributed by atoms with E-state index < -0.39 is 15.3 Å². The number of ketones is 4. The molecule has 0 bridgehead atoms. The van der Waals surface area contributed by atoms with Gasteiger partial charge in [-0.1, -0.05) is 46.2 Å². The molecule has 2 aliphatic heterocycles. The van der Waals surface area contributed by atoms with Crippen molar-refractivity contribution in [1.82, 2.24) is 5.32 Å². The molecule has 0 spiro atoms. The summed E-state index contributed by atoms with van der Waals surface area (Å²) in [4.78, 5) is 65.6. The highest BCUT2D eigenvalue weighted by atomic mass is 16.6. The smallest absolute Gasteiger partial charge is 0.269 e. The van der Waals surface area contributed by atoms with E-state index in [2.05, 4.69) is 11.4 Å². The lowest BCUT2D eigenvalue weighted by molar-refractivity contribution is -0.385. The zero-order valence-electron chi connectivity index (χ0n) is 34.4. The van der Waals surface area contributed by atoms with Gasteiger partial charge in [0, 0.05) is 61.1 Å². The summed E-state index contributed by atoms with van der Waals surface area (Å²) in [6.07, 6.45) is 6.38. The molecule has 312 valence electrons. The summed E-state index contributed by atoms with van der Waals surface area (Å²) in [7, 11) is 0. The number of nitro groups is 2. The number of nitro benzene ring substituents is 2. The van der Waals surface area contributed by atoms with Gasteiger partial charge < -0.3 is 15.8 Å². The van der Waals surface area contributed by atoms with E-state index in [1.165, 1.54) is 75.7 Å². The lowest BCUT2D eigenvalue weighted by Gasteiger charge is -2.42. The van der Waals surface area contributed by atoms with Crippen LogP contribution in [0, 0.1) is 65.1 Å². The maximum absolute atomic E-state index is 13.0. The minimum Gasteiger partial charge on any atom is -0.444 e. The van der Waals surface area contributed by atoms with Gasteiger partial charge in [-0.2, -0.15) is 15.8 Å². The molecule has 6 rings (SSSR count). The van der Waals surface area contributed by atoms with E-state index in [1.807, 2.05) is 27.7 Å². The van der Waals surface area contributed by atoms with E-state index in [1.54, 1.807) is 31.2 Å². The van der Waals surface area contributed by atoms with Crippen LogP contribution in [0.1, 0.15) is 115 Å². The largest absolute Gasteiger partial charge is 0.444 e. The summed E-state index contributed by atoms with van der Waals surface area (Å²) in [6, 6.07) is 16.7. The van der Waals surface area contributed by atoms with Gasteiger partial charge in [-0.15, -0.1) is 0 Å². The third-order valence-corrected chi connectivity index (χ3v) is 9.68. The van der Waals surface area contributed by atoms with Crippen LogP contribution in [0.5, 0.6) is 0 Å². The van der Waals surface area contributed by atoms with Crippen LogP contribution in [-0.2, 0) is 24.5 Å². The fourth-order valence-corrected chi connectivity index (χ4v) is 6.97. The van der Waals surface area contributed by atoms with Crippen molar-refractivity contribution in [3.63, 3.8) is 0 Å². The van der Waals surface area contributed by atoms with Crippen LogP contribution < -0.4 is 11.1 Å². The van der Waals surface area contributed by atoms with Gasteiger partial charge in [0.05, 0.1) is 33.8 Å². The highest BCUT2D eigenvalue weighted by molar-refractivity contribution is 6.02. The SMILES string of the molecule is C1CCNCC1.CC(=O)c1ccc([N+](=O)[O-])cc1.CC1(C)CC(=O)C2=C(C1)OC(N)=C(C#N)C2(C)c1ccc([N+](=O)[O-])cc1.CC1(C)CC(=O)CC(=O)C1.N#CCC#N. The van der Waals surface area contributed by atoms with Gasteiger partial charge in [-0.05, 0) is 68.3 Å². The van der Waals surface area contributed by atoms with E-state index in [4.69, 9.17) is 21.0 Å². The second kappa shape index (κ2) is 21.8. The summed E-state index contributed by atoms with van der Waals surface area (Å²) in [5.41, 5.74) is 6.12. The van der Waals surface area contributed by atoms with Crippen LogP contribution in [0.3, 0.4) is 0 Å². The molecule has 4 aliphatic rings. The topological polar surface area (TPSA) is 273 Å². The van der Waals surface area contributed by atoms with Gasteiger partial charge in [0.1, 0.15) is 35.4 Å². The van der Waals surface area contributed by atoms with Crippen LogP contribution in [0.2, 0.25) is 0 Å². The number of carbonyl (C=O) groups is 4. The average Bonchev–Trinajstić information content (AvgIpc) is 3.15. The Hall–Kier alpha value is -6.57. The van der Waals surface area contributed by atoms with Crippen molar-refractivity contribution in [3.8, 4) is 18.2 Å². The molecule has 16 heteroatoms. The third kappa shape index (κ3) is 14.4. The Morgan fingerprint density at radius 3 is 1.61 bits per heavy atom. The molecule has 16 nitrogen and oxygen atoms in total. The molecule has 2 aromatic carbocycles. The van der Waals surface area contributed by atoms with Crippen molar-refractivity contribution in [1.29, 1.82) is 15.8 Å². The molecular weight excluding hydrogens is 759 g/mol. The first-order chi connectivity index (χ1) is 27.6. The van der Waals surface area contributed by atoms with Gasteiger partial charge in [-0.3, -0.25) is 39.4 Å². The van der Waals surface area contributed by atoms with Crippen molar-refractivity contribution in [3.05, 3.63) is 103 Å². The lowest BCUT2D eigenvalue weighted by Crippen LogP contribution is -2.42. The predicted octanol–water partition coefficient (Wildman–Crippen LogP) is 7.54. The van der Waals surface area contributed by atoms with Crippen molar-refractivity contribution in [2.24, 2.45) is 16.6 Å². The molecule has 59 heavy (non-hydrogen) atoms. The first kappa shape index (κ1) is 48.6. The number of hydrogen-bond acceptors (Lipinski definition) is 14. The number of benzene rings is 2. The zero-order valence-corrected chi connectivity index (χ0v) is 34.4. The molecule has 2 heterocycles. The van der Waals surface area contributed by atoms with Crippen molar-refractivity contribution in [2.75, 3.05) is 13.1 Å². The molecule has 2 aromatic rings. The number of piperidine rings is 1. The first-order valence-corrected chi connectivity index (χ1v) is 19.0. The third-order valence-electron chi connectivity index (χ3n) is 9.68. The maximum atomic E-state index is 13.0. The number of rotatable bonds is 4. The quantitative estimate of drug-likeness (QED) is 0.131. The fourth-order valence-electron chi connectivity index (χ4n) is 6.97. The minimum absolute atomic E-state index is 0. The molecular formula is C43H51N7O9. The van der Waals surface area contributed by atoms with Crippen LogP contribution in [0.25, 0.3) is 0 Å². The number of Topliss-reactive ketones (excluding diaryl/α,β-unsaturated/α-hetero) is 4. The minimum atomic E-state index is -1.10. The van der Waals surface area contributed by atoms with Crippen LogP contribution in [0.15, 0.2) is 71.3 Å². The van der Waals surface area contributed by atoms with E-state index >= 15 is 0 Å². The predicted molar refractivity (Wildman–Crippen MR) is 217 cm³/mol. The second-order valence-electron chi connectivity index (χ2n) is 16.1. The monoisotopic (exact) mass is 809 g/mol. The summed E-state index contributed by atoms with van der Waals surface area (Å²) >= 11 is 0. The first-order valence-electron chi connectivity index (χ1n) is 19.0. The average molecular weight is 810 g/mol. The summed E-state index contributed by atoms with van der Waals surface area (Å²) in [6.45, 7) is 13.5. The number of nitrogens with zero attached hydrogens (tertiary/aromatic N) is 5. The van der Waals surface area contributed by atoms with E-state index in [0.29, 0.717) is 48.1 Å². The fraction of sp³-hybridized carbons (Fsp3) is 0.465. The second-order valence-corrected chi connectivity index (χ2v) is 16.1. The van der Waals surface area contributed by atoms with E-state index in [0.717, 1.165) is 0 Å². The molecule has 1 saturated heterocycles. The summed E-state index contributed by atoms with van der Waals surface area (Å²) in [5.74, 6) is 0.450. The lowest BCUT2D eigenvalue weighted by atomic mass is 9.63. The van der Waals surface area contributed by atoms with Crippen LogP contribution >= 0.6 is 0 Å². The van der Waals surface area contributed by atoms with Gasteiger partial charge in [0.25, 0.3) is 11.4 Å². The Morgan fingerprint density at radius 2 is 1.25 bits per heavy atom. The molecule has 0 radical (unpaired) electrons. The molecule has 3 N–H and O–H groups in total. The molecule has 0 amide bonds. The Morgan fingerprint density at radius 1 is 0.780 bits per heavy atom. The van der Waals surface area contributed by atoms with Crippen molar-refractivity contribution < 1.29 is 33.8 Å².